The standard InChI is InChI=1S/C29H25BrCl2N2O6/c1-40-21-11-16(7-10-20(21)35)23-17-8-9-18-22(25(37)33(24(18)36)13-15-5-3-2-4-6-15)19(17)12-28(31)26(38)34(14-30)27(39)29(23,28)32/h2-8,10-11,18-19,22-23,35H,9,12-14H2,1H3. The van der Waals surface area contributed by atoms with Crippen molar-refractivity contribution in [2.24, 2.45) is 17.8 Å². The molecule has 4 amide bonds. The molecule has 0 aromatic heterocycles. The number of nitrogens with zero attached hydrogens (tertiary/aromatic N) is 2. The van der Waals surface area contributed by atoms with Crippen LogP contribution < -0.4 is 4.74 Å². The first kappa shape index (κ1) is 27.3. The fraction of sp³-hybridized carbons (Fsp3) is 0.379. The van der Waals surface area contributed by atoms with Gasteiger partial charge in [-0.25, -0.2) is 0 Å². The van der Waals surface area contributed by atoms with Crippen molar-refractivity contribution in [2.75, 3.05) is 12.6 Å². The number of benzene rings is 2. The summed E-state index contributed by atoms with van der Waals surface area (Å²) in [6, 6.07) is 13.9. The Morgan fingerprint density at radius 2 is 1.73 bits per heavy atom. The van der Waals surface area contributed by atoms with Crippen molar-refractivity contribution >= 4 is 62.8 Å². The van der Waals surface area contributed by atoms with Gasteiger partial charge in [-0.1, -0.05) is 64.0 Å². The fourth-order valence-corrected chi connectivity index (χ4v) is 8.41. The molecule has 40 heavy (non-hydrogen) atoms. The number of allylic oxidation sites excluding steroid dienone is 2. The Labute approximate surface area is 249 Å². The van der Waals surface area contributed by atoms with Gasteiger partial charge in [-0.05, 0) is 42.0 Å². The minimum absolute atomic E-state index is 0.0803. The first-order chi connectivity index (χ1) is 19.1. The molecule has 2 aromatic carbocycles. The van der Waals surface area contributed by atoms with E-state index in [1.165, 1.54) is 18.1 Å². The number of fused-ring (bicyclic) bond motifs is 4. The number of phenolic OH excluding ortho intramolecular Hbond substituents is 1. The van der Waals surface area contributed by atoms with Gasteiger partial charge in [-0.2, -0.15) is 0 Å². The molecular weight excluding hydrogens is 623 g/mol. The average Bonchev–Trinajstić information content (AvgIpc) is 3.27. The third-order valence-electron chi connectivity index (χ3n) is 8.83. The van der Waals surface area contributed by atoms with E-state index in [1.807, 2.05) is 36.4 Å². The number of alkyl halides is 3. The van der Waals surface area contributed by atoms with E-state index < -0.39 is 45.2 Å². The van der Waals surface area contributed by atoms with Gasteiger partial charge in [0.2, 0.25) is 11.8 Å². The molecule has 208 valence electrons. The summed E-state index contributed by atoms with van der Waals surface area (Å²) >= 11 is 17.6. The molecule has 11 heteroatoms. The van der Waals surface area contributed by atoms with E-state index in [9.17, 15) is 24.3 Å². The van der Waals surface area contributed by atoms with E-state index >= 15 is 0 Å². The number of phenols is 1. The van der Waals surface area contributed by atoms with Crippen molar-refractivity contribution in [2.45, 2.75) is 35.1 Å². The third-order valence-corrected chi connectivity index (χ3v) is 10.7. The Bertz CT molecular complexity index is 1480. The average molecular weight is 648 g/mol. The summed E-state index contributed by atoms with van der Waals surface area (Å²) in [5.41, 5.74) is 1.91. The van der Waals surface area contributed by atoms with Gasteiger partial charge < -0.3 is 9.84 Å². The topological polar surface area (TPSA) is 104 Å². The Morgan fingerprint density at radius 1 is 1.00 bits per heavy atom. The number of carbonyl (C=O) groups is 4. The lowest BCUT2D eigenvalue weighted by atomic mass is 9.56. The number of halogens is 3. The highest BCUT2D eigenvalue weighted by Gasteiger charge is 2.76. The van der Waals surface area contributed by atoms with Crippen LogP contribution in [0.3, 0.4) is 0 Å². The second-order valence-corrected chi connectivity index (χ2v) is 12.4. The molecule has 2 heterocycles. The molecule has 6 rings (SSSR count). The molecule has 2 aromatic rings. The van der Waals surface area contributed by atoms with Gasteiger partial charge in [-0.3, -0.25) is 29.0 Å². The summed E-state index contributed by atoms with van der Waals surface area (Å²) in [6.07, 6.45) is 2.08. The van der Waals surface area contributed by atoms with E-state index in [-0.39, 0.29) is 48.2 Å². The number of hydrogen-bond acceptors (Lipinski definition) is 6. The van der Waals surface area contributed by atoms with Crippen LogP contribution in [-0.4, -0.2) is 60.8 Å². The maximum Gasteiger partial charge on any atom is 0.254 e. The maximum atomic E-state index is 13.9. The van der Waals surface area contributed by atoms with Crippen LogP contribution in [-0.2, 0) is 25.7 Å². The predicted octanol–water partition coefficient (Wildman–Crippen LogP) is 4.31. The predicted molar refractivity (Wildman–Crippen MR) is 150 cm³/mol. The Hall–Kier alpha value is -2.88. The van der Waals surface area contributed by atoms with Crippen LogP contribution in [0.4, 0.5) is 0 Å². The summed E-state index contributed by atoms with van der Waals surface area (Å²) in [4.78, 5) is 53.4. The van der Waals surface area contributed by atoms with Crippen molar-refractivity contribution in [3.8, 4) is 11.5 Å². The molecule has 6 unspecified atom stereocenters. The van der Waals surface area contributed by atoms with Crippen molar-refractivity contribution in [1.29, 1.82) is 0 Å². The second-order valence-electron chi connectivity index (χ2n) is 10.7. The monoisotopic (exact) mass is 646 g/mol. The number of imide groups is 2. The molecule has 0 bridgehead atoms. The first-order valence-electron chi connectivity index (χ1n) is 12.8. The van der Waals surface area contributed by atoms with Crippen molar-refractivity contribution in [3.63, 3.8) is 0 Å². The molecule has 6 atom stereocenters. The fourth-order valence-electron chi connectivity index (χ4n) is 6.99. The summed E-state index contributed by atoms with van der Waals surface area (Å²) in [5.74, 6) is -4.74. The van der Waals surface area contributed by atoms with Crippen LogP contribution in [0.1, 0.15) is 29.9 Å². The highest BCUT2D eigenvalue weighted by atomic mass is 79.9. The zero-order chi connectivity index (χ0) is 28.6. The molecule has 1 saturated carbocycles. The number of carbonyl (C=O) groups excluding carboxylic acids is 4. The molecule has 8 nitrogen and oxygen atoms in total. The highest BCUT2D eigenvalue weighted by molar-refractivity contribution is 9.09. The Kier molecular flexibility index (Phi) is 6.55. The van der Waals surface area contributed by atoms with E-state index in [0.717, 1.165) is 10.5 Å². The van der Waals surface area contributed by atoms with Crippen LogP contribution >= 0.6 is 39.1 Å². The van der Waals surface area contributed by atoms with Crippen LogP contribution in [0.15, 0.2) is 60.2 Å². The minimum atomic E-state index is -1.91. The van der Waals surface area contributed by atoms with Crippen LogP contribution in [0.2, 0.25) is 0 Å². The number of likely N-dealkylation sites (tertiary alicyclic amines) is 2. The minimum Gasteiger partial charge on any atom is -0.504 e. The lowest BCUT2D eigenvalue weighted by molar-refractivity contribution is -0.141. The van der Waals surface area contributed by atoms with Gasteiger partial charge in [0.15, 0.2) is 21.2 Å². The number of rotatable bonds is 5. The van der Waals surface area contributed by atoms with E-state index in [4.69, 9.17) is 27.9 Å². The lowest BCUT2D eigenvalue weighted by Gasteiger charge is -2.50. The summed E-state index contributed by atoms with van der Waals surface area (Å²) in [5, 5.41) is 10.3. The van der Waals surface area contributed by atoms with Gasteiger partial charge in [0.05, 0.1) is 30.9 Å². The highest BCUT2D eigenvalue weighted by Crippen LogP contribution is 2.65. The Balaban J connectivity index is 1.49. The van der Waals surface area contributed by atoms with Crippen LogP contribution in [0.5, 0.6) is 11.5 Å². The van der Waals surface area contributed by atoms with E-state index in [2.05, 4.69) is 15.9 Å². The quantitative estimate of drug-likeness (QED) is 0.225. The van der Waals surface area contributed by atoms with Gasteiger partial charge >= 0.3 is 0 Å². The SMILES string of the molecule is COc1cc(C2C3=CCC4C(=O)N(Cc5ccccc5)C(=O)C4C3CC3(Cl)C(=O)N(CBr)C(=O)C23Cl)ccc1O. The summed E-state index contributed by atoms with van der Waals surface area (Å²) < 4.78 is 5.32. The molecule has 4 aliphatic rings. The second kappa shape index (κ2) is 9.60. The smallest absolute Gasteiger partial charge is 0.254 e. The molecule has 0 radical (unpaired) electrons. The number of hydrogen-bond donors (Lipinski definition) is 1. The van der Waals surface area contributed by atoms with Gasteiger partial charge in [0.25, 0.3) is 11.8 Å². The molecule has 1 N–H and O–H groups in total. The summed E-state index contributed by atoms with van der Waals surface area (Å²) in [6.45, 7) is 0.145. The molecular formula is C29H25BrCl2N2O6. The number of aromatic hydroxyl groups is 1. The van der Waals surface area contributed by atoms with Crippen molar-refractivity contribution in [3.05, 3.63) is 71.3 Å². The largest absolute Gasteiger partial charge is 0.504 e. The van der Waals surface area contributed by atoms with Crippen LogP contribution in [0.25, 0.3) is 0 Å². The van der Waals surface area contributed by atoms with E-state index in [0.29, 0.717) is 11.1 Å². The normalized spacial score (nSPS) is 33.0. The van der Waals surface area contributed by atoms with E-state index in [1.54, 1.807) is 12.1 Å². The van der Waals surface area contributed by atoms with Gasteiger partial charge in [0.1, 0.15) is 0 Å². The maximum absolute atomic E-state index is 13.9. The zero-order valence-corrected chi connectivity index (χ0v) is 24.4. The summed E-state index contributed by atoms with van der Waals surface area (Å²) in [7, 11) is 1.40. The lowest BCUT2D eigenvalue weighted by Crippen LogP contribution is -2.60. The Morgan fingerprint density at radius 3 is 2.40 bits per heavy atom. The first-order valence-corrected chi connectivity index (χ1v) is 14.7. The number of methoxy groups -OCH3 is 1. The van der Waals surface area contributed by atoms with Crippen molar-refractivity contribution in [1.82, 2.24) is 9.80 Å². The number of amides is 4. The third kappa shape index (κ3) is 3.56. The number of ether oxygens (including phenoxy) is 1. The molecule has 2 saturated heterocycles. The van der Waals surface area contributed by atoms with Gasteiger partial charge in [0, 0.05) is 5.92 Å². The molecule has 0 spiro atoms. The molecule has 2 aliphatic heterocycles. The zero-order valence-electron chi connectivity index (χ0n) is 21.4. The van der Waals surface area contributed by atoms with Crippen molar-refractivity contribution < 1.29 is 29.0 Å². The molecule has 3 fully saturated rings. The molecule has 2 aliphatic carbocycles. The van der Waals surface area contributed by atoms with Gasteiger partial charge in [-0.15, -0.1) is 23.2 Å². The van der Waals surface area contributed by atoms with Crippen LogP contribution in [0, 0.1) is 17.8 Å².